The highest BCUT2D eigenvalue weighted by atomic mass is 16.7. The molecule has 0 unspecified atom stereocenters. The van der Waals surface area contributed by atoms with E-state index in [1.165, 1.54) is 22.5 Å². The third-order valence-electron chi connectivity index (χ3n) is 6.97. The number of aromatic nitrogens is 6. The zero-order valence-electron chi connectivity index (χ0n) is 26.7. The van der Waals surface area contributed by atoms with Gasteiger partial charge in [-0.1, -0.05) is 40.8 Å². The summed E-state index contributed by atoms with van der Waals surface area (Å²) < 4.78 is 35.7. The lowest BCUT2D eigenvalue weighted by atomic mass is 9.97. The monoisotopic (exact) mass is 656 g/mol. The number of nitrogens with zero attached hydrogens (tertiary/aromatic N) is 6. The lowest BCUT2D eigenvalue weighted by Gasteiger charge is -2.44. The number of carbonyl (C=O) groups is 5. The van der Waals surface area contributed by atoms with Gasteiger partial charge in [0.15, 0.2) is 30.1 Å². The smallest absolute Gasteiger partial charge is 0.333 e. The largest absolute Gasteiger partial charge is 0.463 e. The summed E-state index contributed by atoms with van der Waals surface area (Å²) in [4.78, 5) is 60.7. The van der Waals surface area contributed by atoms with Crippen molar-refractivity contribution in [2.24, 2.45) is 0 Å². The lowest BCUT2D eigenvalue weighted by molar-refractivity contribution is -0.270. The van der Waals surface area contributed by atoms with Crippen LogP contribution < -0.4 is 0 Å². The number of benzene rings is 1. The quantitative estimate of drug-likeness (QED) is 0.199. The van der Waals surface area contributed by atoms with Gasteiger partial charge in [-0.15, -0.1) is 10.2 Å². The van der Waals surface area contributed by atoms with Crippen LogP contribution in [-0.4, -0.2) is 90.9 Å². The average Bonchev–Trinajstić information content (AvgIpc) is 3.67. The minimum atomic E-state index is -1.36. The molecule has 0 N–H and O–H groups in total. The van der Waals surface area contributed by atoms with E-state index in [-0.39, 0.29) is 19.6 Å². The zero-order chi connectivity index (χ0) is 34.3. The highest BCUT2D eigenvalue weighted by Gasteiger charge is 2.53. The number of ether oxygens (including phenoxy) is 6. The summed E-state index contributed by atoms with van der Waals surface area (Å²) in [5.41, 5.74) is 0.499. The van der Waals surface area contributed by atoms with E-state index in [0.29, 0.717) is 11.4 Å². The first-order chi connectivity index (χ1) is 22.2. The first-order valence-corrected chi connectivity index (χ1v) is 14.6. The van der Waals surface area contributed by atoms with Crippen LogP contribution in [0.15, 0.2) is 42.7 Å². The predicted octanol–water partition coefficient (Wildman–Crippen LogP) is 1.19. The fraction of sp³-hybridized carbons (Fsp3) is 0.500. The molecule has 2 aromatic heterocycles. The van der Waals surface area contributed by atoms with E-state index in [4.69, 9.17) is 28.4 Å². The van der Waals surface area contributed by atoms with E-state index < -0.39 is 66.0 Å². The maximum absolute atomic E-state index is 12.9. The topological polar surface area (TPSA) is 202 Å². The van der Waals surface area contributed by atoms with Crippen LogP contribution in [-0.2, 0) is 71.0 Å². The molecular weight excluding hydrogens is 620 g/mol. The molecule has 3 aromatic rings. The molecular formula is C30H36N6O11. The fourth-order valence-corrected chi connectivity index (χ4v) is 4.77. The molecule has 0 spiro atoms. The van der Waals surface area contributed by atoms with E-state index in [1.807, 2.05) is 30.3 Å². The van der Waals surface area contributed by atoms with Gasteiger partial charge in [-0.3, -0.25) is 19.2 Å². The van der Waals surface area contributed by atoms with Gasteiger partial charge in [0.25, 0.3) is 0 Å². The van der Waals surface area contributed by atoms with Gasteiger partial charge in [-0.05, 0) is 19.4 Å². The van der Waals surface area contributed by atoms with Crippen molar-refractivity contribution in [3.05, 3.63) is 59.7 Å². The summed E-state index contributed by atoms with van der Waals surface area (Å²) in [5, 5.41) is 16.6. The van der Waals surface area contributed by atoms with E-state index in [1.54, 1.807) is 20.0 Å². The van der Waals surface area contributed by atoms with Crippen LogP contribution in [0.2, 0.25) is 0 Å². The molecule has 4 rings (SSSR count). The number of hydrogen-bond acceptors (Lipinski definition) is 15. The maximum Gasteiger partial charge on any atom is 0.333 e. The Bertz CT molecular complexity index is 1590. The van der Waals surface area contributed by atoms with Crippen molar-refractivity contribution in [3.8, 4) is 0 Å². The van der Waals surface area contributed by atoms with Gasteiger partial charge in [-0.25, -0.2) is 14.2 Å². The van der Waals surface area contributed by atoms with Crippen molar-refractivity contribution in [2.75, 3.05) is 6.61 Å². The highest BCUT2D eigenvalue weighted by Crippen LogP contribution is 2.34. The fourth-order valence-electron chi connectivity index (χ4n) is 4.77. The molecule has 5 atom stereocenters. The molecule has 0 radical (unpaired) electrons. The Morgan fingerprint density at radius 2 is 1.36 bits per heavy atom. The molecule has 1 aromatic carbocycles. The summed E-state index contributed by atoms with van der Waals surface area (Å²) in [5.74, 6) is -3.39. The van der Waals surface area contributed by atoms with Crippen molar-refractivity contribution >= 4 is 29.8 Å². The van der Waals surface area contributed by atoms with E-state index in [2.05, 4.69) is 20.6 Å². The van der Waals surface area contributed by atoms with Crippen molar-refractivity contribution < 1.29 is 52.4 Å². The van der Waals surface area contributed by atoms with E-state index >= 15 is 0 Å². The SMILES string of the molecule is CC(=O)OC[C@H]1O[C@H](n2cc(Cc3cn(C(C)(C)C(=O)OCc4ccccc4)nn3)nn2)[C@@H](OC(C)=O)[C@@H](OC(C)=O)[C@@H]1OC(C)=O. The van der Waals surface area contributed by atoms with E-state index in [0.717, 1.165) is 26.3 Å². The molecule has 17 heteroatoms. The van der Waals surface area contributed by atoms with Crippen LogP contribution >= 0.6 is 0 Å². The minimum absolute atomic E-state index is 0.104. The van der Waals surface area contributed by atoms with Gasteiger partial charge in [0.1, 0.15) is 19.3 Å². The van der Waals surface area contributed by atoms with Crippen LogP contribution in [0.3, 0.4) is 0 Å². The maximum atomic E-state index is 12.9. The summed E-state index contributed by atoms with van der Waals surface area (Å²) in [6.07, 6.45) is -3.25. The number of hydrogen-bond donors (Lipinski definition) is 0. The van der Waals surface area contributed by atoms with Crippen molar-refractivity contribution in [3.63, 3.8) is 0 Å². The number of rotatable bonds is 12. The van der Waals surface area contributed by atoms with Crippen LogP contribution in [0, 0.1) is 0 Å². The molecule has 3 heterocycles. The van der Waals surface area contributed by atoms with Gasteiger partial charge in [0, 0.05) is 34.1 Å². The highest BCUT2D eigenvalue weighted by molar-refractivity contribution is 5.77. The molecule has 1 saturated heterocycles. The third kappa shape index (κ3) is 8.96. The number of carbonyl (C=O) groups excluding carboxylic acids is 5. The van der Waals surface area contributed by atoms with Gasteiger partial charge < -0.3 is 28.4 Å². The Labute approximate surface area is 269 Å². The summed E-state index contributed by atoms with van der Waals surface area (Å²) in [6.45, 7) is 7.61. The van der Waals surface area contributed by atoms with E-state index in [9.17, 15) is 24.0 Å². The Hall–Kier alpha value is -5.19. The zero-order valence-corrected chi connectivity index (χ0v) is 26.7. The normalized spacial score (nSPS) is 20.9. The second-order valence-corrected chi connectivity index (χ2v) is 11.2. The second kappa shape index (κ2) is 14.9. The molecule has 0 saturated carbocycles. The second-order valence-electron chi connectivity index (χ2n) is 11.2. The predicted molar refractivity (Wildman–Crippen MR) is 156 cm³/mol. The molecule has 252 valence electrons. The van der Waals surface area contributed by atoms with Crippen LogP contribution in [0.25, 0.3) is 0 Å². The first-order valence-electron chi connectivity index (χ1n) is 14.6. The lowest BCUT2D eigenvalue weighted by Crippen LogP contribution is -2.60. The van der Waals surface area contributed by atoms with Crippen molar-refractivity contribution in [2.45, 2.75) is 90.8 Å². The first kappa shape index (κ1) is 34.7. The molecule has 0 bridgehead atoms. The molecule has 0 amide bonds. The molecule has 17 nitrogen and oxygen atoms in total. The van der Waals surface area contributed by atoms with Gasteiger partial charge in [0.05, 0.1) is 23.8 Å². The van der Waals surface area contributed by atoms with Crippen LogP contribution in [0.5, 0.6) is 0 Å². The Balaban J connectivity index is 1.55. The summed E-state index contributed by atoms with van der Waals surface area (Å²) in [7, 11) is 0. The van der Waals surface area contributed by atoms with Crippen LogP contribution in [0.4, 0.5) is 0 Å². The third-order valence-corrected chi connectivity index (χ3v) is 6.97. The Kier molecular flexibility index (Phi) is 11.0. The molecule has 1 aliphatic heterocycles. The molecule has 0 aliphatic carbocycles. The Morgan fingerprint density at radius 1 is 0.766 bits per heavy atom. The van der Waals surface area contributed by atoms with Gasteiger partial charge in [0.2, 0.25) is 0 Å². The van der Waals surface area contributed by atoms with Gasteiger partial charge in [-0.2, -0.15) is 0 Å². The average molecular weight is 657 g/mol. The summed E-state index contributed by atoms with van der Waals surface area (Å²) in [6, 6.07) is 9.27. The van der Waals surface area contributed by atoms with Gasteiger partial charge >= 0.3 is 29.8 Å². The van der Waals surface area contributed by atoms with Crippen molar-refractivity contribution in [1.29, 1.82) is 0 Å². The molecule has 47 heavy (non-hydrogen) atoms. The standard InChI is InChI=1S/C30H36N6O11/c1-17(37)42-16-24-25(44-18(2)38)26(45-19(3)39)27(46-20(4)40)28(47-24)35-13-22(31-33-35)12-23-14-36(34-32-23)30(5,6)29(41)43-15-21-10-8-7-9-11-21/h7-11,13-14,24-28H,12,15-16H2,1-6H3/t24-,25-,26+,27+,28+/m1/s1. The Morgan fingerprint density at radius 3 is 2.00 bits per heavy atom. The van der Waals surface area contributed by atoms with Crippen molar-refractivity contribution in [1.82, 2.24) is 30.0 Å². The molecule has 1 fully saturated rings. The molecule has 1 aliphatic rings. The van der Waals surface area contributed by atoms with Crippen LogP contribution in [0.1, 0.15) is 64.7 Å². The summed E-state index contributed by atoms with van der Waals surface area (Å²) >= 11 is 0. The minimum Gasteiger partial charge on any atom is -0.463 e. The number of esters is 5.